The maximum absolute atomic E-state index is 6.13. The molecule has 1 aromatic heterocycles. The van der Waals surface area contributed by atoms with E-state index in [9.17, 15) is 0 Å². The highest BCUT2D eigenvalue weighted by Gasteiger charge is 2.40. The lowest BCUT2D eigenvalue weighted by Gasteiger charge is -2.17. The monoisotopic (exact) mass is 256 g/mol. The molecule has 0 aromatic carbocycles. The van der Waals surface area contributed by atoms with E-state index in [1.807, 2.05) is 6.07 Å². The average Bonchev–Trinajstić information content (AvgIpc) is 2.88. The summed E-state index contributed by atoms with van der Waals surface area (Å²) in [6, 6.07) is 4.58. The Labute approximate surface area is 105 Å². The fourth-order valence-electron chi connectivity index (χ4n) is 3.19. The quantitative estimate of drug-likeness (QED) is 0.881. The first kappa shape index (κ1) is 11.0. The molecule has 1 saturated heterocycles. The van der Waals surface area contributed by atoms with E-state index in [1.54, 1.807) is 11.3 Å². The molecule has 1 aliphatic carbocycles. The molecule has 88 valence electrons. The third-order valence-corrected chi connectivity index (χ3v) is 5.21. The van der Waals surface area contributed by atoms with Crippen LogP contribution in [0.2, 0.25) is 4.34 Å². The lowest BCUT2D eigenvalue weighted by atomic mass is 9.98. The van der Waals surface area contributed by atoms with Crippen LogP contribution in [0.15, 0.2) is 12.1 Å². The van der Waals surface area contributed by atoms with Crippen molar-refractivity contribution in [1.29, 1.82) is 0 Å². The summed E-state index contributed by atoms with van der Waals surface area (Å²) in [5.74, 6) is 1.60. The second kappa shape index (κ2) is 4.30. The number of hydrogen-bond acceptors (Lipinski definition) is 3. The third-order valence-electron chi connectivity index (χ3n) is 4.00. The smallest absolute Gasteiger partial charge is 0.0931 e. The second-order valence-corrected chi connectivity index (χ2v) is 6.86. The minimum Gasteiger partial charge on any atom is -0.327 e. The Morgan fingerprint density at radius 3 is 2.94 bits per heavy atom. The van der Waals surface area contributed by atoms with Crippen molar-refractivity contribution in [2.24, 2.45) is 17.6 Å². The normalized spacial score (nSPS) is 34.5. The number of likely N-dealkylation sites (tertiary alicyclic amines) is 1. The van der Waals surface area contributed by atoms with Gasteiger partial charge in [-0.1, -0.05) is 11.6 Å². The van der Waals surface area contributed by atoms with E-state index >= 15 is 0 Å². The third kappa shape index (κ3) is 2.02. The zero-order valence-corrected chi connectivity index (χ0v) is 10.8. The Balaban J connectivity index is 1.62. The summed E-state index contributed by atoms with van der Waals surface area (Å²) in [5.41, 5.74) is 6.13. The van der Waals surface area contributed by atoms with Gasteiger partial charge in [0.15, 0.2) is 0 Å². The minimum atomic E-state index is 0.446. The molecule has 0 amide bonds. The predicted octanol–water partition coefficient (Wildman–Crippen LogP) is 2.57. The molecule has 2 nitrogen and oxygen atoms in total. The number of hydrogen-bond donors (Lipinski definition) is 1. The van der Waals surface area contributed by atoms with E-state index in [1.165, 1.54) is 30.8 Å². The van der Waals surface area contributed by atoms with Crippen LogP contribution in [0.4, 0.5) is 0 Å². The molecule has 2 heterocycles. The summed E-state index contributed by atoms with van der Waals surface area (Å²) < 4.78 is 0.895. The van der Waals surface area contributed by atoms with E-state index in [0.717, 1.165) is 22.7 Å². The van der Waals surface area contributed by atoms with Gasteiger partial charge in [-0.05, 0) is 36.8 Å². The van der Waals surface area contributed by atoms with Crippen LogP contribution in [0.5, 0.6) is 0 Å². The van der Waals surface area contributed by atoms with E-state index in [0.29, 0.717) is 6.04 Å². The first-order valence-corrected chi connectivity index (χ1v) is 7.14. The van der Waals surface area contributed by atoms with Gasteiger partial charge in [0.2, 0.25) is 0 Å². The van der Waals surface area contributed by atoms with Gasteiger partial charge < -0.3 is 5.73 Å². The highest BCUT2D eigenvalue weighted by molar-refractivity contribution is 7.16. The molecule has 3 rings (SSSR count). The molecule has 2 aliphatic rings. The van der Waals surface area contributed by atoms with Gasteiger partial charge in [-0.25, -0.2) is 0 Å². The zero-order chi connectivity index (χ0) is 11.1. The van der Waals surface area contributed by atoms with Crippen LogP contribution < -0.4 is 5.73 Å². The number of nitrogens with two attached hydrogens (primary N) is 1. The average molecular weight is 257 g/mol. The molecule has 2 fully saturated rings. The first-order valence-electron chi connectivity index (χ1n) is 5.94. The van der Waals surface area contributed by atoms with Crippen LogP contribution in [-0.4, -0.2) is 24.0 Å². The van der Waals surface area contributed by atoms with Crippen LogP contribution in [0, 0.1) is 11.8 Å². The Hall–Kier alpha value is -0.0900. The maximum atomic E-state index is 6.13. The van der Waals surface area contributed by atoms with Crippen LogP contribution in [0.3, 0.4) is 0 Å². The van der Waals surface area contributed by atoms with Gasteiger partial charge in [-0.2, -0.15) is 0 Å². The Kier molecular flexibility index (Phi) is 2.96. The van der Waals surface area contributed by atoms with Crippen LogP contribution in [-0.2, 0) is 6.54 Å². The van der Waals surface area contributed by atoms with Crippen molar-refractivity contribution < 1.29 is 0 Å². The maximum Gasteiger partial charge on any atom is 0.0931 e. The second-order valence-electron chi connectivity index (χ2n) is 5.07. The highest BCUT2D eigenvalue weighted by Crippen LogP contribution is 2.38. The van der Waals surface area contributed by atoms with Gasteiger partial charge in [-0.15, -0.1) is 11.3 Å². The Morgan fingerprint density at radius 2 is 2.25 bits per heavy atom. The molecule has 1 aromatic rings. The topological polar surface area (TPSA) is 29.3 Å². The van der Waals surface area contributed by atoms with Crippen LogP contribution in [0.25, 0.3) is 0 Å². The molecule has 0 radical (unpaired) electrons. The summed E-state index contributed by atoms with van der Waals surface area (Å²) >= 11 is 7.64. The Morgan fingerprint density at radius 1 is 1.38 bits per heavy atom. The van der Waals surface area contributed by atoms with E-state index in [4.69, 9.17) is 17.3 Å². The van der Waals surface area contributed by atoms with Crippen molar-refractivity contribution in [3.63, 3.8) is 0 Å². The van der Waals surface area contributed by atoms with Gasteiger partial charge in [0.05, 0.1) is 4.34 Å². The standard InChI is InChI=1S/C12H17ClN2S/c13-12-4-2-9(16-12)6-15-5-8-1-3-11(14)10(8)7-15/h2,4,8,10-11H,1,3,5-7,14H2. The van der Waals surface area contributed by atoms with Crippen molar-refractivity contribution in [2.45, 2.75) is 25.4 Å². The highest BCUT2D eigenvalue weighted by atomic mass is 35.5. The fourth-order valence-corrected chi connectivity index (χ4v) is 4.32. The molecule has 16 heavy (non-hydrogen) atoms. The largest absolute Gasteiger partial charge is 0.327 e. The molecule has 0 spiro atoms. The molecule has 4 heteroatoms. The minimum absolute atomic E-state index is 0.446. The number of rotatable bonds is 2. The SMILES string of the molecule is NC1CCC2CN(Cc3ccc(Cl)s3)CC12. The number of halogens is 1. The lowest BCUT2D eigenvalue weighted by Crippen LogP contribution is -2.30. The van der Waals surface area contributed by atoms with Gasteiger partial charge >= 0.3 is 0 Å². The van der Waals surface area contributed by atoms with Crippen LogP contribution in [0.1, 0.15) is 17.7 Å². The summed E-state index contributed by atoms with van der Waals surface area (Å²) in [7, 11) is 0. The zero-order valence-electron chi connectivity index (χ0n) is 9.23. The lowest BCUT2D eigenvalue weighted by molar-refractivity contribution is 0.301. The molecule has 3 atom stereocenters. The van der Waals surface area contributed by atoms with E-state index < -0.39 is 0 Å². The summed E-state index contributed by atoms with van der Waals surface area (Å²) in [6.07, 6.45) is 2.56. The van der Waals surface area contributed by atoms with Gasteiger partial charge in [0.1, 0.15) is 0 Å². The fraction of sp³-hybridized carbons (Fsp3) is 0.667. The van der Waals surface area contributed by atoms with Gasteiger partial charge in [0, 0.05) is 30.6 Å². The van der Waals surface area contributed by atoms with E-state index in [2.05, 4.69) is 11.0 Å². The first-order chi connectivity index (χ1) is 7.72. The molecule has 2 N–H and O–H groups in total. The van der Waals surface area contributed by atoms with E-state index in [-0.39, 0.29) is 0 Å². The van der Waals surface area contributed by atoms with Gasteiger partial charge in [-0.3, -0.25) is 4.90 Å². The molecule has 3 unspecified atom stereocenters. The molecular formula is C12H17ClN2S. The molecule has 1 aliphatic heterocycles. The van der Waals surface area contributed by atoms with Crippen molar-refractivity contribution >= 4 is 22.9 Å². The summed E-state index contributed by atoms with van der Waals surface area (Å²) in [4.78, 5) is 3.91. The number of nitrogens with zero attached hydrogens (tertiary/aromatic N) is 1. The van der Waals surface area contributed by atoms with Crippen molar-refractivity contribution in [1.82, 2.24) is 4.90 Å². The van der Waals surface area contributed by atoms with Crippen LogP contribution >= 0.6 is 22.9 Å². The van der Waals surface area contributed by atoms with Crippen molar-refractivity contribution in [3.8, 4) is 0 Å². The predicted molar refractivity (Wildman–Crippen MR) is 68.8 cm³/mol. The van der Waals surface area contributed by atoms with Crippen molar-refractivity contribution in [2.75, 3.05) is 13.1 Å². The number of thiophene rings is 1. The molecular weight excluding hydrogens is 240 g/mol. The van der Waals surface area contributed by atoms with Gasteiger partial charge in [0.25, 0.3) is 0 Å². The van der Waals surface area contributed by atoms with Crippen molar-refractivity contribution in [3.05, 3.63) is 21.3 Å². The summed E-state index contributed by atoms with van der Waals surface area (Å²) in [5, 5.41) is 0. The summed E-state index contributed by atoms with van der Waals surface area (Å²) in [6.45, 7) is 3.46. The molecule has 1 saturated carbocycles. The Bertz CT molecular complexity index is 379. The number of fused-ring (bicyclic) bond motifs is 1. The molecule has 0 bridgehead atoms.